The van der Waals surface area contributed by atoms with Gasteiger partial charge in [0.1, 0.15) is 5.82 Å². The number of hydrogen-bond acceptors (Lipinski definition) is 3. The predicted molar refractivity (Wildman–Crippen MR) is 120 cm³/mol. The highest BCUT2D eigenvalue weighted by Gasteiger charge is 2.48. The molecule has 0 bridgehead atoms. The van der Waals surface area contributed by atoms with Crippen LogP contribution < -0.4 is 4.72 Å². The number of rotatable bonds is 5. The summed E-state index contributed by atoms with van der Waals surface area (Å²) in [5, 5.41) is 0. The summed E-state index contributed by atoms with van der Waals surface area (Å²) in [7, 11) is -3.26. The van der Waals surface area contributed by atoms with E-state index >= 15 is 4.39 Å². The number of carbonyl (C=O) groups is 1. The lowest BCUT2D eigenvalue weighted by atomic mass is 9.93. The van der Waals surface area contributed by atoms with Crippen LogP contribution in [0.5, 0.6) is 0 Å². The minimum atomic E-state index is -3.26. The number of nitrogens with zero attached hydrogens (tertiary/aromatic N) is 1. The Bertz CT molecular complexity index is 1070. The van der Waals surface area contributed by atoms with E-state index in [9.17, 15) is 13.2 Å². The molecular weight excluding hydrogens is 415 g/mol. The van der Waals surface area contributed by atoms with Gasteiger partial charge < -0.3 is 4.90 Å². The first-order valence-electron chi connectivity index (χ1n) is 10.8. The fourth-order valence-electron chi connectivity index (χ4n) is 4.75. The lowest BCUT2D eigenvalue weighted by molar-refractivity contribution is -0.132. The average Bonchev–Trinajstić information content (AvgIpc) is 3.51. The number of likely N-dealkylation sites (tertiary alicyclic amines) is 1. The van der Waals surface area contributed by atoms with Gasteiger partial charge in [-0.2, -0.15) is 0 Å². The van der Waals surface area contributed by atoms with E-state index in [2.05, 4.69) is 4.72 Å². The molecule has 0 spiro atoms. The molecule has 1 aliphatic heterocycles. The highest BCUT2D eigenvalue weighted by molar-refractivity contribution is 7.88. The van der Waals surface area contributed by atoms with Crippen molar-refractivity contribution in [2.75, 3.05) is 19.3 Å². The van der Waals surface area contributed by atoms with Crippen molar-refractivity contribution in [1.29, 1.82) is 0 Å². The molecule has 3 atom stereocenters. The molecule has 2 aromatic carbocycles. The maximum absolute atomic E-state index is 15.1. The third kappa shape index (κ3) is 5.15. The number of hydrogen-bond donors (Lipinski definition) is 1. The van der Waals surface area contributed by atoms with Gasteiger partial charge in [-0.05, 0) is 66.8 Å². The van der Waals surface area contributed by atoms with Crippen molar-refractivity contribution in [3.05, 3.63) is 59.4 Å². The Morgan fingerprint density at radius 2 is 1.87 bits per heavy atom. The minimum absolute atomic E-state index is 0.0593. The van der Waals surface area contributed by atoms with Crippen LogP contribution in [-0.4, -0.2) is 44.6 Å². The average molecular weight is 445 g/mol. The van der Waals surface area contributed by atoms with Crippen LogP contribution in [0, 0.1) is 18.7 Å². The first-order chi connectivity index (χ1) is 14.7. The second kappa shape index (κ2) is 8.71. The number of amides is 1. The number of aryl methyl sites for hydroxylation is 1. The minimum Gasteiger partial charge on any atom is -0.342 e. The van der Waals surface area contributed by atoms with Gasteiger partial charge in [0, 0.05) is 25.0 Å². The van der Waals surface area contributed by atoms with Gasteiger partial charge in [0.05, 0.1) is 6.26 Å². The highest BCUT2D eigenvalue weighted by atomic mass is 32.2. The quantitative estimate of drug-likeness (QED) is 0.762. The van der Waals surface area contributed by atoms with E-state index in [1.807, 2.05) is 48.2 Å². The first kappa shape index (κ1) is 22.0. The van der Waals surface area contributed by atoms with Crippen molar-refractivity contribution in [3.8, 4) is 11.1 Å². The zero-order valence-electron chi connectivity index (χ0n) is 18.0. The van der Waals surface area contributed by atoms with Crippen LogP contribution in [0.15, 0.2) is 42.5 Å². The van der Waals surface area contributed by atoms with Crippen LogP contribution >= 0.6 is 0 Å². The topological polar surface area (TPSA) is 66.5 Å². The van der Waals surface area contributed by atoms with E-state index in [0.29, 0.717) is 31.5 Å². The van der Waals surface area contributed by atoms with Crippen molar-refractivity contribution >= 4 is 15.9 Å². The molecule has 2 fully saturated rings. The van der Waals surface area contributed by atoms with E-state index in [1.165, 1.54) is 0 Å². The van der Waals surface area contributed by atoms with E-state index in [-0.39, 0.29) is 29.6 Å². The third-order valence-corrected chi connectivity index (χ3v) is 7.02. The summed E-state index contributed by atoms with van der Waals surface area (Å²) in [6.07, 6.45) is 3.89. The lowest BCUT2D eigenvalue weighted by Crippen LogP contribution is -2.36. The second-order valence-corrected chi connectivity index (χ2v) is 10.6. The van der Waals surface area contributed by atoms with Crippen LogP contribution in [-0.2, 0) is 14.8 Å². The normalized spacial score (nSPS) is 24.0. The predicted octanol–water partition coefficient (Wildman–Crippen LogP) is 3.83. The number of sulfonamides is 1. The lowest BCUT2D eigenvalue weighted by Gasteiger charge is -2.21. The largest absolute Gasteiger partial charge is 0.342 e. The Morgan fingerprint density at radius 3 is 2.58 bits per heavy atom. The number of nitrogens with one attached hydrogen (secondary N) is 1. The standard InChI is InChI=1S/C24H29FN2O3S/c1-16-13-19(17-7-4-3-5-8-17)23(22(25)14-16)20-15-21(20)24(28)27-11-6-9-18(10-12-27)26-31(2,29)30/h3-5,7-8,13-14,18,20-21,26H,6,9-12,15H2,1-2H3/t18-,20+,21+/m0/s1. The van der Waals surface area contributed by atoms with Crippen molar-refractivity contribution in [2.24, 2.45) is 5.92 Å². The summed E-state index contributed by atoms with van der Waals surface area (Å²) in [5.41, 5.74) is 3.33. The Kier molecular flexibility index (Phi) is 6.17. The van der Waals surface area contributed by atoms with Crippen LogP contribution in [0.2, 0.25) is 0 Å². The second-order valence-electron chi connectivity index (χ2n) is 8.87. The van der Waals surface area contributed by atoms with E-state index < -0.39 is 10.0 Å². The molecule has 4 rings (SSSR count). The summed E-state index contributed by atoms with van der Waals surface area (Å²) in [5.74, 6) is -0.507. The monoisotopic (exact) mass is 444 g/mol. The Hall–Kier alpha value is -2.25. The van der Waals surface area contributed by atoms with Crippen molar-refractivity contribution in [3.63, 3.8) is 0 Å². The molecule has 1 amide bonds. The third-order valence-electron chi connectivity index (χ3n) is 6.26. The number of halogens is 1. The Labute approximate surface area is 183 Å². The molecule has 5 nitrogen and oxygen atoms in total. The molecule has 2 aliphatic rings. The summed E-state index contributed by atoms with van der Waals surface area (Å²) < 4.78 is 40.8. The maximum Gasteiger partial charge on any atom is 0.226 e. The molecule has 1 saturated carbocycles. The van der Waals surface area contributed by atoms with E-state index in [4.69, 9.17) is 0 Å². The number of benzene rings is 2. The van der Waals surface area contributed by atoms with Crippen LogP contribution in [0.4, 0.5) is 4.39 Å². The van der Waals surface area contributed by atoms with Gasteiger partial charge in [-0.25, -0.2) is 17.5 Å². The zero-order valence-corrected chi connectivity index (χ0v) is 18.8. The van der Waals surface area contributed by atoms with Gasteiger partial charge in [-0.3, -0.25) is 4.79 Å². The van der Waals surface area contributed by atoms with Crippen molar-refractivity contribution in [2.45, 2.75) is 44.6 Å². The van der Waals surface area contributed by atoms with Gasteiger partial charge in [0.15, 0.2) is 0 Å². The van der Waals surface area contributed by atoms with E-state index in [1.54, 1.807) is 6.07 Å². The van der Waals surface area contributed by atoms with Crippen molar-refractivity contribution < 1.29 is 17.6 Å². The molecule has 1 N–H and O–H groups in total. The molecule has 2 aromatic rings. The fourth-order valence-corrected chi connectivity index (χ4v) is 5.59. The summed E-state index contributed by atoms with van der Waals surface area (Å²) >= 11 is 0. The molecule has 1 heterocycles. The van der Waals surface area contributed by atoms with Crippen LogP contribution in [0.1, 0.15) is 42.7 Å². The molecule has 31 heavy (non-hydrogen) atoms. The molecule has 0 unspecified atom stereocenters. The zero-order chi connectivity index (χ0) is 22.2. The van der Waals surface area contributed by atoms with Crippen molar-refractivity contribution in [1.82, 2.24) is 9.62 Å². The smallest absolute Gasteiger partial charge is 0.226 e. The van der Waals surface area contributed by atoms with Gasteiger partial charge in [-0.1, -0.05) is 36.4 Å². The molecule has 7 heteroatoms. The molecule has 0 aromatic heterocycles. The first-order valence-corrected chi connectivity index (χ1v) is 12.7. The maximum atomic E-state index is 15.1. The molecule has 1 saturated heterocycles. The van der Waals surface area contributed by atoms with Gasteiger partial charge >= 0.3 is 0 Å². The number of carbonyl (C=O) groups excluding carboxylic acids is 1. The summed E-state index contributed by atoms with van der Waals surface area (Å²) in [6.45, 7) is 3.02. The Morgan fingerprint density at radius 1 is 1.13 bits per heavy atom. The SMILES string of the molecule is Cc1cc(F)c([C@@H]2C[C@H]2C(=O)N2CCC[C@H](NS(C)(=O)=O)CC2)c(-c2ccccc2)c1. The Balaban J connectivity index is 1.50. The van der Waals surface area contributed by atoms with Crippen LogP contribution in [0.25, 0.3) is 11.1 Å². The van der Waals surface area contributed by atoms with Gasteiger partial charge in [0.2, 0.25) is 15.9 Å². The fraction of sp³-hybridized carbons (Fsp3) is 0.458. The van der Waals surface area contributed by atoms with Crippen LogP contribution in [0.3, 0.4) is 0 Å². The van der Waals surface area contributed by atoms with Gasteiger partial charge in [0.25, 0.3) is 0 Å². The van der Waals surface area contributed by atoms with E-state index in [0.717, 1.165) is 35.8 Å². The molecule has 166 valence electrons. The molecular formula is C24H29FN2O3S. The summed E-state index contributed by atoms with van der Waals surface area (Å²) in [4.78, 5) is 15.0. The molecule has 1 aliphatic carbocycles. The highest BCUT2D eigenvalue weighted by Crippen LogP contribution is 2.52. The van der Waals surface area contributed by atoms with Gasteiger partial charge in [-0.15, -0.1) is 0 Å². The molecule has 0 radical (unpaired) electrons. The summed E-state index contributed by atoms with van der Waals surface area (Å²) in [6, 6.07) is 13.2.